The standard InChI is InChI=1S/C18H21N3O2S/c1-19-15-4-2-10-21(12-15)18(23)13-6-8-14(9-7-13)20-17(22)16-5-3-11-24-16/h3,5-9,11,15,19H,2,4,10,12H2,1H3,(H,20,22). The van der Waals surface area contributed by atoms with Crippen molar-refractivity contribution >= 4 is 28.8 Å². The molecule has 0 spiro atoms. The fourth-order valence-electron chi connectivity index (χ4n) is 2.88. The number of likely N-dealkylation sites (N-methyl/N-ethyl adjacent to an activating group) is 1. The Hall–Kier alpha value is -2.18. The van der Waals surface area contributed by atoms with Crippen LogP contribution in [0.1, 0.15) is 32.9 Å². The van der Waals surface area contributed by atoms with Gasteiger partial charge < -0.3 is 15.5 Å². The molecule has 1 atom stereocenters. The van der Waals surface area contributed by atoms with Crippen molar-refractivity contribution in [3.8, 4) is 0 Å². The molecule has 0 saturated carbocycles. The Kier molecular flexibility index (Phi) is 5.27. The third kappa shape index (κ3) is 3.83. The van der Waals surface area contributed by atoms with E-state index in [0.29, 0.717) is 22.2 Å². The molecule has 1 fully saturated rings. The molecule has 2 amide bonds. The number of hydrogen-bond acceptors (Lipinski definition) is 4. The van der Waals surface area contributed by atoms with Gasteiger partial charge in [-0.15, -0.1) is 11.3 Å². The summed E-state index contributed by atoms with van der Waals surface area (Å²) in [6, 6.07) is 11.1. The van der Waals surface area contributed by atoms with Gasteiger partial charge in [-0.3, -0.25) is 9.59 Å². The molecule has 2 aromatic rings. The van der Waals surface area contributed by atoms with E-state index in [-0.39, 0.29) is 11.8 Å². The summed E-state index contributed by atoms with van der Waals surface area (Å²) in [5.41, 5.74) is 1.34. The Labute approximate surface area is 145 Å². The predicted molar refractivity (Wildman–Crippen MR) is 96.7 cm³/mol. The van der Waals surface area contributed by atoms with Gasteiger partial charge in [0.15, 0.2) is 0 Å². The molecule has 1 unspecified atom stereocenters. The van der Waals surface area contributed by atoms with Crippen molar-refractivity contribution in [1.82, 2.24) is 10.2 Å². The first-order valence-corrected chi connectivity index (χ1v) is 8.97. The van der Waals surface area contributed by atoms with Crippen LogP contribution in [0, 0.1) is 0 Å². The van der Waals surface area contributed by atoms with Gasteiger partial charge >= 0.3 is 0 Å². The van der Waals surface area contributed by atoms with Crippen LogP contribution in [0.2, 0.25) is 0 Å². The fraction of sp³-hybridized carbons (Fsp3) is 0.333. The summed E-state index contributed by atoms with van der Waals surface area (Å²) < 4.78 is 0. The normalized spacial score (nSPS) is 17.5. The lowest BCUT2D eigenvalue weighted by atomic mass is 10.0. The fourth-order valence-corrected chi connectivity index (χ4v) is 3.50. The zero-order chi connectivity index (χ0) is 16.9. The molecule has 1 saturated heterocycles. The van der Waals surface area contributed by atoms with E-state index in [4.69, 9.17) is 0 Å². The van der Waals surface area contributed by atoms with Crippen molar-refractivity contribution in [1.29, 1.82) is 0 Å². The molecule has 0 bridgehead atoms. The van der Waals surface area contributed by atoms with E-state index < -0.39 is 0 Å². The maximum absolute atomic E-state index is 12.6. The van der Waals surface area contributed by atoms with Gasteiger partial charge in [0.1, 0.15) is 0 Å². The highest BCUT2D eigenvalue weighted by atomic mass is 32.1. The van der Waals surface area contributed by atoms with Crippen molar-refractivity contribution in [3.05, 3.63) is 52.2 Å². The molecule has 1 aliphatic heterocycles. The van der Waals surface area contributed by atoms with E-state index in [1.165, 1.54) is 11.3 Å². The minimum atomic E-state index is -0.128. The first-order valence-electron chi connectivity index (χ1n) is 8.09. The van der Waals surface area contributed by atoms with Crippen molar-refractivity contribution in [3.63, 3.8) is 0 Å². The van der Waals surface area contributed by atoms with Crippen molar-refractivity contribution in [2.75, 3.05) is 25.5 Å². The molecule has 24 heavy (non-hydrogen) atoms. The van der Waals surface area contributed by atoms with Gasteiger partial charge in [0, 0.05) is 30.4 Å². The first kappa shape index (κ1) is 16.7. The number of likely N-dealkylation sites (tertiary alicyclic amines) is 1. The Morgan fingerprint density at radius 3 is 2.67 bits per heavy atom. The second-order valence-corrected chi connectivity index (χ2v) is 6.84. The van der Waals surface area contributed by atoms with E-state index in [9.17, 15) is 9.59 Å². The number of rotatable bonds is 4. The van der Waals surface area contributed by atoms with Crippen molar-refractivity contribution in [2.24, 2.45) is 0 Å². The van der Waals surface area contributed by atoms with E-state index >= 15 is 0 Å². The lowest BCUT2D eigenvalue weighted by Gasteiger charge is -2.32. The quantitative estimate of drug-likeness (QED) is 0.897. The minimum Gasteiger partial charge on any atom is -0.337 e. The van der Waals surface area contributed by atoms with Crippen molar-refractivity contribution in [2.45, 2.75) is 18.9 Å². The van der Waals surface area contributed by atoms with Crippen LogP contribution in [0.25, 0.3) is 0 Å². The highest BCUT2D eigenvalue weighted by molar-refractivity contribution is 7.12. The summed E-state index contributed by atoms with van der Waals surface area (Å²) >= 11 is 1.40. The van der Waals surface area contributed by atoms with Crippen LogP contribution in [0.5, 0.6) is 0 Å². The highest BCUT2D eigenvalue weighted by Gasteiger charge is 2.23. The maximum Gasteiger partial charge on any atom is 0.265 e. The Morgan fingerprint density at radius 2 is 2.00 bits per heavy atom. The molecule has 1 aromatic carbocycles. The molecule has 126 valence electrons. The Morgan fingerprint density at radius 1 is 1.21 bits per heavy atom. The van der Waals surface area contributed by atoms with E-state index in [2.05, 4.69) is 10.6 Å². The second kappa shape index (κ2) is 7.59. The van der Waals surface area contributed by atoms with Crippen LogP contribution in [-0.2, 0) is 0 Å². The van der Waals surface area contributed by atoms with Gasteiger partial charge in [-0.05, 0) is 55.6 Å². The molecule has 1 aliphatic rings. The third-order valence-electron chi connectivity index (χ3n) is 4.25. The number of nitrogens with zero attached hydrogens (tertiary/aromatic N) is 1. The average molecular weight is 343 g/mol. The number of piperidine rings is 1. The Bertz CT molecular complexity index is 698. The number of hydrogen-bond donors (Lipinski definition) is 2. The SMILES string of the molecule is CNC1CCCN(C(=O)c2ccc(NC(=O)c3cccs3)cc2)C1. The van der Waals surface area contributed by atoms with Gasteiger partial charge in [-0.1, -0.05) is 6.07 Å². The molecule has 5 nitrogen and oxygen atoms in total. The lowest BCUT2D eigenvalue weighted by molar-refractivity contribution is 0.0698. The first-order chi connectivity index (χ1) is 11.7. The number of carbonyl (C=O) groups excluding carboxylic acids is 2. The summed E-state index contributed by atoms with van der Waals surface area (Å²) in [7, 11) is 1.93. The average Bonchev–Trinajstić information content (AvgIpc) is 3.16. The van der Waals surface area contributed by atoms with E-state index in [1.807, 2.05) is 23.4 Å². The molecule has 0 radical (unpaired) electrons. The number of thiophene rings is 1. The largest absolute Gasteiger partial charge is 0.337 e. The summed E-state index contributed by atoms with van der Waals surface area (Å²) in [6.07, 6.45) is 2.13. The number of carbonyl (C=O) groups is 2. The molecule has 0 aliphatic carbocycles. The highest BCUT2D eigenvalue weighted by Crippen LogP contribution is 2.17. The zero-order valence-electron chi connectivity index (χ0n) is 13.6. The topological polar surface area (TPSA) is 61.4 Å². The molecule has 2 N–H and O–H groups in total. The molecule has 6 heteroatoms. The number of benzene rings is 1. The summed E-state index contributed by atoms with van der Waals surface area (Å²) in [6.45, 7) is 1.54. The minimum absolute atomic E-state index is 0.0473. The number of nitrogens with one attached hydrogen (secondary N) is 2. The van der Waals surface area contributed by atoms with Crippen molar-refractivity contribution < 1.29 is 9.59 Å². The molecule has 1 aromatic heterocycles. The monoisotopic (exact) mass is 343 g/mol. The third-order valence-corrected chi connectivity index (χ3v) is 5.12. The van der Waals surface area contributed by atoms with Gasteiger partial charge in [0.25, 0.3) is 11.8 Å². The smallest absolute Gasteiger partial charge is 0.265 e. The molecular formula is C18H21N3O2S. The molecule has 2 heterocycles. The number of amides is 2. The van der Waals surface area contributed by atoms with Crippen LogP contribution in [0.4, 0.5) is 5.69 Å². The Balaban J connectivity index is 1.63. The second-order valence-electron chi connectivity index (χ2n) is 5.89. The van der Waals surface area contributed by atoms with Crippen LogP contribution >= 0.6 is 11.3 Å². The van der Waals surface area contributed by atoms with Crippen LogP contribution < -0.4 is 10.6 Å². The summed E-state index contributed by atoms with van der Waals surface area (Å²) in [4.78, 5) is 27.2. The zero-order valence-corrected chi connectivity index (χ0v) is 14.4. The van der Waals surface area contributed by atoms with Gasteiger partial charge in [-0.2, -0.15) is 0 Å². The van der Waals surface area contributed by atoms with Crippen LogP contribution in [-0.4, -0.2) is 42.9 Å². The van der Waals surface area contributed by atoms with Crippen LogP contribution in [0.15, 0.2) is 41.8 Å². The maximum atomic E-state index is 12.6. The van der Waals surface area contributed by atoms with Crippen LogP contribution in [0.3, 0.4) is 0 Å². The predicted octanol–water partition coefficient (Wildman–Crippen LogP) is 2.82. The van der Waals surface area contributed by atoms with Gasteiger partial charge in [-0.25, -0.2) is 0 Å². The van der Waals surface area contributed by atoms with E-state index in [1.54, 1.807) is 30.3 Å². The summed E-state index contributed by atoms with van der Waals surface area (Å²) in [5.74, 6) is -0.0805. The van der Waals surface area contributed by atoms with Gasteiger partial charge in [0.2, 0.25) is 0 Å². The lowest BCUT2D eigenvalue weighted by Crippen LogP contribution is -2.46. The molecule has 3 rings (SSSR count). The number of anilines is 1. The summed E-state index contributed by atoms with van der Waals surface area (Å²) in [5, 5.41) is 7.96. The van der Waals surface area contributed by atoms with E-state index in [0.717, 1.165) is 25.9 Å². The van der Waals surface area contributed by atoms with Gasteiger partial charge in [0.05, 0.1) is 4.88 Å². The molecular weight excluding hydrogens is 322 g/mol.